The molecule has 5 heterocycles. The molecule has 18 unspecified atom stereocenters. The highest BCUT2D eigenvalue weighted by Crippen LogP contribution is 2.46. The van der Waals surface area contributed by atoms with Crippen molar-refractivity contribution >= 4 is 0 Å². The number of halogens is 2. The quantitative estimate of drug-likeness (QED) is 0.219. The van der Waals surface area contributed by atoms with Crippen molar-refractivity contribution in [2.45, 2.75) is 152 Å². The Morgan fingerprint density at radius 3 is 0.810 bits per heavy atom. The van der Waals surface area contributed by atoms with Gasteiger partial charge in [-0.1, -0.05) is 25.7 Å². The largest absolute Gasteiger partial charge is 0.286 e. The second-order valence-electron chi connectivity index (χ2n) is 15.9. The summed E-state index contributed by atoms with van der Waals surface area (Å²) >= 11 is 0. The van der Waals surface area contributed by atoms with E-state index in [2.05, 4.69) is 42.5 Å². The van der Waals surface area contributed by atoms with Crippen LogP contribution in [0.25, 0.3) is 0 Å². The molecule has 9 rings (SSSR count). The fourth-order valence-corrected chi connectivity index (χ4v) is 11.9. The minimum atomic E-state index is -0.687. The summed E-state index contributed by atoms with van der Waals surface area (Å²) in [6, 6.07) is 0. The molecular formula is C32H54F2N8. The summed E-state index contributed by atoms with van der Waals surface area (Å²) in [6.07, 6.45) is 14.9. The van der Waals surface area contributed by atoms with Crippen molar-refractivity contribution in [1.82, 2.24) is 42.5 Å². The van der Waals surface area contributed by atoms with Gasteiger partial charge in [-0.05, 0) is 112 Å². The van der Waals surface area contributed by atoms with Crippen molar-refractivity contribution in [1.29, 1.82) is 0 Å². The lowest BCUT2D eigenvalue weighted by Crippen LogP contribution is -2.61. The number of alkyl halides is 2. The van der Waals surface area contributed by atoms with Gasteiger partial charge in [0.2, 0.25) is 0 Å². The van der Waals surface area contributed by atoms with Gasteiger partial charge in [0.25, 0.3) is 0 Å². The maximum absolute atomic E-state index is 14.9. The van der Waals surface area contributed by atoms with Gasteiger partial charge in [0.1, 0.15) is 12.3 Å². The molecule has 0 aromatic carbocycles. The lowest BCUT2D eigenvalue weighted by Gasteiger charge is -2.36. The first kappa shape index (κ1) is 27.8. The molecule has 9 fully saturated rings. The van der Waals surface area contributed by atoms with E-state index in [0.717, 1.165) is 12.8 Å². The molecule has 8 N–H and O–H groups in total. The van der Waals surface area contributed by atoms with Gasteiger partial charge >= 0.3 is 0 Å². The van der Waals surface area contributed by atoms with Crippen LogP contribution in [0.1, 0.15) is 89.9 Å². The van der Waals surface area contributed by atoms with Crippen LogP contribution in [0.2, 0.25) is 0 Å². The molecule has 5 saturated heterocycles. The minimum Gasteiger partial charge on any atom is -0.286 e. The van der Waals surface area contributed by atoms with Crippen LogP contribution in [-0.2, 0) is 0 Å². The van der Waals surface area contributed by atoms with E-state index < -0.39 is 12.3 Å². The highest BCUT2D eigenvalue weighted by Gasteiger charge is 2.55. The normalized spacial score (nSPS) is 59.0. The second kappa shape index (κ2) is 11.1. The topological polar surface area (TPSA) is 96.2 Å². The van der Waals surface area contributed by atoms with Gasteiger partial charge in [0.15, 0.2) is 0 Å². The monoisotopic (exact) mass is 588 g/mol. The number of hydrogen-bond acceptors (Lipinski definition) is 8. The summed E-state index contributed by atoms with van der Waals surface area (Å²) in [5.74, 6) is 3.85. The molecule has 18 atom stereocenters. The van der Waals surface area contributed by atoms with E-state index in [-0.39, 0.29) is 49.3 Å². The third-order valence-corrected chi connectivity index (χ3v) is 13.8. The van der Waals surface area contributed by atoms with Gasteiger partial charge in [0, 0.05) is 0 Å². The molecular weight excluding hydrogens is 534 g/mol. The lowest BCUT2D eigenvalue weighted by atomic mass is 9.76. The number of rotatable bonds is 0. The third kappa shape index (κ3) is 4.72. The van der Waals surface area contributed by atoms with Gasteiger partial charge in [-0.25, -0.2) is 8.78 Å². The molecule has 4 aliphatic carbocycles. The zero-order chi connectivity index (χ0) is 27.9. The Balaban J connectivity index is 1.05. The summed E-state index contributed by atoms with van der Waals surface area (Å²) in [5.41, 5.74) is 0. The summed E-state index contributed by atoms with van der Waals surface area (Å²) < 4.78 is 29.8. The SMILES string of the molecule is FC1CCC2C3NC4NC(NC5NC(NC6NC(NC(N3)C2C1)C1CCCCC61)C1CCC(F)CC51)C1CCCCC41. The van der Waals surface area contributed by atoms with Gasteiger partial charge in [0.05, 0.1) is 49.3 Å². The van der Waals surface area contributed by atoms with Gasteiger partial charge in [-0.2, -0.15) is 0 Å². The molecule has 5 aliphatic heterocycles. The average Bonchev–Trinajstić information content (AvgIpc) is 3.72. The highest BCUT2D eigenvalue weighted by molar-refractivity contribution is 5.08. The number of nitrogens with one attached hydrogen (secondary N) is 8. The van der Waals surface area contributed by atoms with Crippen molar-refractivity contribution in [3.05, 3.63) is 0 Å². The Hall–Kier alpha value is -0.460. The summed E-state index contributed by atoms with van der Waals surface area (Å²) in [4.78, 5) is 0. The Bertz CT molecular complexity index is 914. The van der Waals surface area contributed by atoms with Gasteiger partial charge in [-0.15, -0.1) is 0 Å². The van der Waals surface area contributed by atoms with E-state index in [1.807, 2.05) is 0 Å². The Morgan fingerprint density at radius 2 is 0.524 bits per heavy atom. The lowest BCUT2D eigenvalue weighted by molar-refractivity contribution is 0.119. The molecule has 10 heteroatoms. The van der Waals surface area contributed by atoms with Crippen LogP contribution >= 0.6 is 0 Å². The molecule has 42 heavy (non-hydrogen) atoms. The van der Waals surface area contributed by atoms with Crippen LogP contribution in [0.4, 0.5) is 8.78 Å². The van der Waals surface area contributed by atoms with Crippen molar-refractivity contribution in [3.8, 4) is 0 Å². The Morgan fingerprint density at radius 1 is 0.286 bits per heavy atom. The van der Waals surface area contributed by atoms with E-state index in [4.69, 9.17) is 0 Å². The smallest absolute Gasteiger partial charge is 0.101 e. The van der Waals surface area contributed by atoms with Crippen LogP contribution in [0.3, 0.4) is 0 Å². The van der Waals surface area contributed by atoms with Crippen LogP contribution in [-0.4, -0.2) is 61.7 Å². The second-order valence-corrected chi connectivity index (χ2v) is 15.9. The fraction of sp³-hybridized carbons (Fsp3) is 1.00. The molecule has 0 radical (unpaired) electrons. The van der Waals surface area contributed by atoms with Gasteiger partial charge in [-0.3, -0.25) is 42.5 Å². The fourth-order valence-electron chi connectivity index (χ4n) is 11.9. The number of hydrogen-bond donors (Lipinski definition) is 8. The molecule has 0 aromatic rings. The molecule has 4 saturated carbocycles. The van der Waals surface area contributed by atoms with Crippen molar-refractivity contribution in [2.75, 3.05) is 0 Å². The zero-order valence-electron chi connectivity index (χ0n) is 25.0. The summed E-state index contributed by atoms with van der Waals surface area (Å²) in [6.45, 7) is 0. The predicted molar refractivity (Wildman–Crippen MR) is 158 cm³/mol. The zero-order valence-corrected chi connectivity index (χ0v) is 25.0. The van der Waals surface area contributed by atoms with Crippen LogP contribution in [0.5, 0.6) is 0 Å². The molecule has 0 spiro atoms. The highest BCUT2D eigenvalue weighted by atomic mass is 19.1. The average molecular weight is 589 g/mol. The van der Waals surface area contributed by atoms with E-state index in [9.17, 15) is 8.78 Å². The molecule has 8 bridgehead atoms. The molecule has 236 valence electrons. The molecule has 0 amide bonds. The van der Waals surface area contributed by atoms with Crippen molar-refractivity contribution < 1.29 is 8.78 Å². The molecule has 9 aliphatic rings. The van der Waals surface area contributed by atoms with E-state index >= 15 is 0 Å². The minimum absolute atomic E-state index is 0.119. The third-order valence-electron chi connectivity index (χ3n) is 13.8. The van der Waals surface area contributed by atoms with Crippen LogP contribution in [0.15, 0.2) is 0 Å². The van der Waals surface area contributed by atoms with E-state index in [0.29, 0.717) is 73.0 Å². The first-order chi connectivity index (χ1) is 20.6. The standard InChI is InChI=1S/C32H54F2N8/c33-15-9-11-21-23(13-15)32-40-28-20-8-4-2-6-18(20)26(36-28)38-30-22-12-10-16(34)14-24(22)31(42-30)39-27-19-7-3-1-5-17(19)25(35-27)37-29(21)41-32/h15-32,35-42H,1-14H2. The van der Waals surface area contributed by atoms with Crippen molar-refractivity contribution in [3.63, 3.8) is 0 Å². The Labute approximate surface area is 250 Å². The van der Waals surface area contributed by atoms with Crippen LogP contribution < -0.4 is 42.5 Å². The molecule has 0 aromatic heterocycles. The molecule has 8 nitrogen and oxygen atoms in total. The maximum atomic E-state index is 14.9. The van der Waals surface area contributed by atoms with Crippen molar-refractivity contribution in [2.24, 2.45) is 47.3 Å². The van der Waals surface area contributed by atoms with Gasteiger partial charge < -0.3 is 0 Å². The van der Waals surface area contributed by atoms with E-state index in [1.165, 1.54) is 51.4 Å². The van der Waals surface area contributed by atoms with E-state index in [1.54, 1.807) is 0 Å². The summed E-state index contributed by atoms with van der Waals surface area (Å²) in [5, 5.41) is 32.4. The summed E-state index contributed by atoms with van der Waals surface area (Å²) in [7, 11) is 0. The number of fused-ring (bicyclic) bond motifs is 20. The first-order valence-corrected chi connectivity index (χ1v) is 18.0. The van der Waals surface area contributed by atoms with Crippen LogP contribution in [0, 0.1) is 47.3 Å². The predicted octanol–water partition coefficient (Wildman–Crippen LogP) is 2.50. The first-order valence-electron chi connectivity index (χ1n) is 18.0. The maximum Gasteiger partial charge on any atom is 0.101 e. The Kier molecular flexibility index (Phi) is 7.36.